The van der Waals surface area contributed by atoms with Crippen LogP contribution in [0.5, 0.6) is 0 Å². The third kappa shape index (κ3) is 2.98. The van der Waals surface area contributed by atoms with Gasteiger partial charge in [-0.05, 0) is 6.07 Å². The summed E-state index contributed by atoms with van der Waals surface area (Å²) in [5.41, 5.74) is 3.84. The largest absolute Gasteiger partial charge is 0.290 e. The number of rotatable bonds is 1. The van der Waals surface area contributed by atoms with Gasteiger partial charge in [0.2, 0.25) is 5.91 Å². The lowest BCUT2D eigenvalue weighted by atomic mass is 9.96. The number of carbonyl (C=O) groups is 2. The molecule has 0 bridgehead atoms. The normalized spacial score (nSPS) is 11.3. The molecular weight excluding hydrogens is 284 g/mol. The maximum atomic E-state index is 12.2. The van der Waals surface area contributed by atoms with E-state index in [-0.39, 0.29) is 17.2 Å². The van der Waals surface area contributed by atoms with Crippen LogP contribution in [0.15, 0.2) is 29.1 Å². The van der Waals surface area contributed by atoms with Crippen LogP contribution >= 0.6 is 0 Å². The zero-order valence-corrected chi connectivity index (χ0v) is 12.9. The van der Waals surface area contributed by atoms with Gasteiger partial charge in [0.05, 0.1) is 5.39 Å². The lowest BCUT2D eigenvalue weighted by Crippen LogP contribution is -2.47. The molecule has 0 atom stereocenters. The van der Waals surface area contributed by atoms with Gasteiger partial charge in [0.15, 0.2) is 5.69 Å². The first-order valence-corrected chi connectivity index (χ1v) is 6.78. The van der Waals surface area contributed by atoms with E-state index in [0.29, 0.717) is 10.8 Å². The number of hydrogen-bond donors (Lipinski definition) is 2. The third-order valence-electron chi connectivity index (χ3n) is 3.14. The Morgan fingerprint density at radius 1 is 1.09 bits per heavy atom. The molecule has 0 radical (unpaired) electrons. The van der Waals surface area contributed by atoms with E-state index in [4.69, 9.17) is 0 Å². The highest BCUT2D eigenvalue weighted by Gasteiger charge is 2.22. The summed E-state index contributed by atoms with van der Waals surface area (Å²) in [5.74, 6) is -0.903. The van der Waals surface area contributed by atoms with Crippen molar-refractivity contribution >= 4 is 22.6 Å². The number of nitrogens with one attached hydrogen (secondary N) is 2. The number of benzene rings is 1. The van der Waals surface area contributed by atoms with Gasteiger partial charge >= 0.3 is 0 Å². The molecule has 2 amide bonds. The third-order valence-corrected chi connectivity index (χ3v) is 3.14. The van der Waals surface area contributed by atoms with Gasteiger partial charge in [0.1, 0.15) is 0 Å². The molecule has 0 saturated heterocycles. The number of hydrogen-bond acceptors (Lipinski definition) is 4. The lowest BCUT2D eigenvalue weighted by molar-refractivity contribution is -0.129. The highest BCUT2D eigenvalue weighted by Crippen LogP contribution is 2.13. The maximum Gasteiger partial charge on any atom is 0.290 e. The number of aromatic nitrogens is 2. The average molecular weight is 302 g/mol. The molecule has 116 valence electrons. The molecule has 2 rings (SSSR count). The van der Waals surface area contributed by atoms with Crippen molar-refractivity contribution in [3.05, 3.63) is 40.3 Å². The van der Waals surface area contributed by atoms with Crippen molar-refractivity contribution in [1.29, 1.82) is 0 Å². The monoisotopic (exact) mass is 302 g/mol. The number of aryl methyl sites for hydroxylation is 1. The molecule has 0 saturated carbocycles. The number of fused-ring (bicyclic) bond motifs is 1. The highest BCUT2D eigenvalue weighted by atomic mass is 16.2. The van der Waals surface area contributed by atoms with Crippen molar-refractivity contribution in [3.63, 3.8) is 0 Å². The van der Waals surface area contributed by atoms with Gasteiger partial charge in [-0.15, -0.1) is 0 Å². The fourth-order valence-corrected chi connectivity index (χ4v) is 1.83. The molecule has 0 aliphatic heterocycles. The summed E-state index contributed by atoms with van der Waals surface area (Å²) in [6, 6.07) is 6.70. The fraction of sp³-hybridized carbons (Fsp3) is 0.333. The second-order valence-electron chi connectivity index (χ2n) is 5.98. The Labute approximate surface area is 127 Å². The van der Waals surface area contributed by atoms with Crippen LogP contribution in [0, 0.1) is 5.41 Å². The Bertz CT molecular complexity index is 803. The SMILES string of the molecule is Cn1nc(C(=O)NNC(=O)C(C)(C)C)c2ccccc2c1=O. The molecule has 1 heterocycles. The van der Waals surface area contributed by atoms with Crippen LogP contribution in [-0.2, 0) is 11.8 Å². The van der Waals surface area contributed by atoms with E-state index in [0.717, 1.165) is 4.68 Å². The van der Waals surface area contributed by atoms with Crippen molar-refractivity contribution in [2.45, 2.75) is 20.8 Å². The maximum absolute atomic E-state index is 12.2. The molecule has 0 unspecified atom stereocenters. The summed E-state index contributed by atoms with van der Waals surface area (Å²) in [6.45, 7) is 5.19. The van der Waals surface area contributed by atoms with Gasteiger partial charge in [0, 0.05) is 17.8 Å². The summed E-state index contributed by atoms with van der Waals surface area (Å²) in [4.78, 5) is 36.0. The molecule has 0 fully saturated rings. The van der Waals surface area contributed by atoms with Crippen LogP contribution in [0.4, 0.5) is 0 Å². The Hall–Kier alpha value is -2.70. The second kappa shape index (κ2) is 5.59. The zero-order valence-electron chi connectivity index (χ0n) is 12.9. The van der Waals surface area contributed by atoms with Crippen molar-refractivity contribution in [2.75, 3.05) is 0 Å². The smallest absolute Gasteiger partial charge is 0.273 e. The lowest BCUT2D eigenvalue weighted by Gasteiger charge is -2.18. The van der Waals surface area contributed by atoms with Gasteiger partial charge < -0.3 is 0 Å². The fourth-order valence-electron chi connectivity index (χ4n) is 1.83. The van der Waals surface area contributed by atoms with E-state index in [1.54, 1.807) is 45.0 Å². The zero-order chi connectivity index (χ0) is 16.5. The average Bonchev–Trinajstić information content (AvgIpc) is 2.47. The molecule has 0 aliphatic carbocycles. The minimum Gasteiger partial charge on any atom is -0.273 e. The van der Waals surface area contributed by atoms with E-state index in [1.165, 1.54) is 7.05 Å². The standard InChI is InChI=1S/C15H18N4O3/c1-15(2,3)14(22)17-16-12(20)11-9-7-5-6-8-10(9)13(21)19(4)18-11/h5-8H,1-4H3,(H,16,20)(H,17,22). The predicted octanol–water partition coefficient (Wildman–Crippen LogP) is 0.741. The molecule has 1 aromatic carbocycles. The van der Waals surface area contributed by atoms with Crippen LogP contribution < -0.4 is 16.4 Å². The predicted molar refractivity (Wildman–Crippen MR) is 82.0 cm³/mol. The Kier molecular flexibility index (Phi) is 3.99. The quantitative estimate of drug-likeness (QED) is 0.760. The van der Waals surface area contributed by atoms with E-state index < -0.39 is 11.3 Å². The number of hydrazine groups is 1. The first-order valence-electron chi connectivity index (χ1n) is 6.78. The Morgan fingerprint density at radius 2 is 1.68 bits per heavy atom. The molecule has 0 spiro atoms. The van der Waals surface area contributed by atoms with Crippen LogP contribution in [0.2, 0.25) is 0 Å². The summed E-state index contributed by atoms with van der Waals surface area (Å²) < 4.78 is 1.10. The summed E-state index contributed by atoms with van der Waals surface area (Å²) in [5, 5.41) is 4.82. The molecule has 7 heteroatoms. The highest BCUT2D eigenvalue weighted by molar-refractivity contribution is 6.05. The number of amides is 2. The number of carbonyl (C=O) groups excluding carboxylic acids is 2. The van der Waals surface area contributed by atoms with E-state index in [1.807, 2.05) is 0 Å². The molecule has 2 aromatic rings. The molecule has 2 N–H and O–H groups in total. The van der Waals surface area contributed by atoms with Crippen LogP contribution in [0.3, 0.4) is 0 Å². The molecule has 7 nitrogen and oxygen atoms in total. The van der Waals surface area contributed by atoms with Crippen molar-refractivity contribution in [1.82, 2.24) is 20.6 Å². The first-order chi connectivity index (χ1) is 10.2. The minimum absolute atomic E-state index is 0.0758. The van der Waals surface area contributed by atoms with Crippen molar-refractivity contribution in [3.8, 4) is 0 Å². The van der Waals surface area contributed by atoms with Gasteiger partial charge in [-0.25, -0.2) is 4.68 Å². The Morgan fingerprint density at radius 3 is 2.27 bits per heavy atom. The molecule has 0 aliphatic rings. The van der Waals surface area contributed by atoms with Crippen molar-refractivity contribution in [2.24, 2.45) is 12.5 Å². The van der Waals surface area contributed by atoms with Crippen LogP contribution in [0.1, 0.15) is 31.3 Å². The molecule has 1 aromatic heterocycles. The van der Waals surface area contributed by atoms with Crippen LogP contribution in [0.25, 0.3) is 10.8 Å². The summed E-state index contributed by atoms with van der Waals surface area (Å²) in [7, 11) is 1.47. The van der Waals surface area contributed by atoms with Gasteiger partial charge in [0.25, 0.3) is 11.5 Å². The Balaban J connectivity index is 2.35. The van der Waals surface area contributed by atoms with Crippen LogP contribution in [-0.4, -0.2) is 21.6 Å². The topological polar surface area (TPSA) is 93.1 Å². The van der Waals surface area contributed by atoms with Gasteiger partial charge in [-0.1, -0.05) is 39.0 Å². The van der Waals surface area contributed by atoms with E-state index in [2.05, 4.69) is 16.0 Å². The van der Waals surface area contributed by atoms with Gasteiger partial charge in [-0.2, -0.15) is 5.10 Å². The van der Waals surface area contributed by atoms with E-state index in [9.17, 15) is 14.4 Å². The second-order valence-corrected chi connectivity index (χ2v) is 5.98. The summed E-state index contributed by atoms with van der Waals surface area (Å²) in [6.07, 6.45) is 0. The van der Waals surface area contributed by atoms with Gasteiger partial charge in [-0.3, -0.25) is 25.2 Å². The first kappa shape index (κ1) is 15.7. The van der Waals surface area contributed by atoms with Crippen molar-refractivity contribution < 1.29 is 9.59 Å². The molecular formula is C15H18N4O3. The summed E-state index contributed by atoms with van der Waals surface area (Å²) >= 11 is 0. The number of nitrogens with zero attached hydrogens (tertiary/aromatic N) is 2. The minimum atomic E-state index is -0.633. The molecule has 22 heavy (non-hydrogen) atoms. The van der Waals surface area contributed by atoms with E-state index >= 15 is 0 Å².